The number of carbonyl (C=O) groups excluding carboxylic acids is 5. The summed E-state index contributed by atoms with van der Waals surface area (Å²) in [6, 6.07) is 32.6. The molecule has 0 N–H and O–H groups in total. The van der Waals surface area contributed by atoms with Gasteiger partial charge in [-0.05, 0) is 66.7 Å². The fraction of sp³-hybridized carbons (Fsp3) is 0.500. The van der Waals surface area contributed by atoms with E-state index in [1.54, 1.807) is 84.9 Å². The van der Waals surface area contributed by atoms with E-state index < -0.39 is 131 Å². The Morgan fingerprint density at radius 3 is 1.40 bits per heavy atom. The van der Waals surface area contributed by atoms with E-state index in [0.29, 0.717) is 0 Å². The monoisotopic (exact) mass is 1100 g/mol. The fourth-order valence-corrected chi connectivity index (χ4v) is 15.8. The molecule has 0 aromatic heterocycles. The van der Waals surface area contributed by atoms with E-state index in [2.05, 4.69) is 75.4 Å². The number of methoxy groups -OCH3 is 2. The molecule has 10 atom stereocenters. The molecule has 0 spiro atoms. The number of fused-ring (bicyclic) bond motifs is 1. The molecule has 3 saturated heterocycles. The van der Waals surface area contributed by atoms with Crippen molar-refractivity contribution >= 4 is 46.7 Å². The lowest BCUT2D eigenvalue weighted by Crippen LogP contribution is -2.75. The minimum atomic E-state index is -3.50. The molecule has 0 radical (unpaired) electrons. The van der Waals surface area contributed by atoms with E-state index in [4.69, 9.17) is 55.9 Å². The van der Waals surface area contributed by atoms with Crippen LogP contribution in [0.5, 0.6) is 0 Å². The smallest absolute Gasteiger partial charge is 0.366 e. The lowest BCUT2D eigenvalue weighted by Gasteiger charge is -2.60. The van der Waals surface area contributed by atoms with Crippen LogP contribution in [-0.4, -0.2) is 135 Å². The minimum Gasteiger partial charge on any atom is -0.465 e. The van der Waals surface area contributed by atoms with Gasteiger partial charge in [0.1, 0.15) is 24.4 Å². The molecule has 19 heteroatoms. The maximum atomic E-state index is 14.8. The molecular formula is C58H74O17Si2. The molecule has 17 nitrogen and oxygen atoms in total. The number of esters is 5. The molecule has 3 aliphatic rings. The Balaban J connectivity index is 1.34. The number of hydrogen-bond acceptors (Lipinski definition) is 17. The standard InChI is InChI=1S/C58H74O17Si2/c1-55(2,3)76(12,13)67-36-43-45-46(75-77(74-43,56(4,5)6)57(7,8)9)41(68-49(59)37-26-18-14-19-27-37)34-58(73-45,54(63)65-11)66-35-42-44(70-50(60)38-28-20-15-21-29-38)47(71-51(61)39-30-22-16-23-31-39)48(53(64-10)69-42)72-52(62)40-32-24-17-25-33-40/h14-33,41-48,53H,34-36H2,1-13H3/t41-,42-,43?,44-,45-,46-,47+,48-,53+,58?/m1/s1. The van der Waals surface area contributed by atoms with Crippen molar-refractivity contribution in [1.29, 1.82) is 0 Å². The van der Waals surface area contributed by atoms with Crippen molar-refractivity contribution in [3.8, 4) is 0 Å². The summed E-state index contributed by atoms with van der Waals surface area (Å²) in [5.41, 5.74) is 0.642. The largest absolute Gasteiger partial charge is 0.465 e. The van der Waals surface area contributed by atoms with Crippen LogP contribution in [0.2, 0.25) is 28.2 Å². The summed E-state index contributed by atoms with van der Waals surface area (Å²) in [6.07, 6.45) is -12.8. The Morgan fingerprint density at radius 2 is 0.987 bits per heavy atom. The van der Waals surface area contributed by atoms with Crippen molar-refractivity contribution in [3.63, 3.8) is 0 Å². The third-order valence-electron chi connectivity index (χ3n) is 14.7. The topological polar surface area (TPSA) is 196 Å². The van der Waals surface area contributed by atoms with E-state index in [-0.39, 0.29) is 33.9 Å². The summed E-state index contributed by atoms with van der Waals surface area (Å²) in [5.74, 6) is -6.73. The molecule has 0 bridgehead atoms. The van der Waals surface area contributed by atoms with Crippen molar-refractivity contribution < 1.29 is 79.9 Å². The first-order valence-corrected chi connectivity index (χ1v) is 30.6. The predicted octanol–water partition coefficient (Wildman–Crippen LogP) is 9.78. The lowest BCUT2D eigenvalue weighted by atomic mass is 9.92. The molecular weight excluding hydrogens is 1020 g/mol. The van der Waals surface area contributed by atoms with E-state index in [0.717, 1.165) is 7.11 Å². The zero-order chi connectivity index (χ0) is 56.1. The Labute approximate surface area is 453 Å². The van der Waals surface area contributed by atoms with Crippen molar-refractivity contribution in [1.82, 2.24) is 0 Å². The molecule has 77 heavy (non-hydrogen) atoms. The first-order valence-electron chi connectivity index (χ1n) is 25.9. The second-order valence-electron chi connectivity index (χ2n) is 23.1. The lowest BCUT2D eigenvalue weighted by molar-refractivity contribution is -0.348. The molecule has 0 amide bonds. The molecule has 4 aromatic rings. The van der Waals surface area contributed by atoms with Gasteiger partial charge in [0.2, 0.25) is 0 Å². The van der Waals surface area contributed by atoms with E-state index >= 15 is 0 Å². The molecule has 3 heterocycles. The highest BCUT2D eigenvalue weighted by Crippen LogP contribution is 2.57. The summed E-state index contributed by atoms with van der Waals surface area (Å²) in [5, 5.41) is -1.38. The van der Waals surface area contributed by atoms with Gasteiger partial charge in [0.25, 0.3) is 5.79 Å². The zero-order valence-electron chi connectivity index (χ0n) is 46.3. The number of hydrogen-bond donors (Lipinski definition) is 0. The highest BCUT2D eigenvalue weighted by atomic mass is 28.4. The van der Waals surface area contributed by atoms with Crippen LogP contribution in [-0.2, 0) is 60.7 Å². The fourth-order valence-electron chi connectivity index (χ4n) is 9.77. The normalized spacial score (nSPS) is 26.5. The van der Waals surface area contributed by atoms with Crippen LogP contribution in [0.3, 0.4) is 0 Å². The summed E-state index contributed by atoms with van der Waals surface area (Å²) in [6.45, 7) is 22.3. The maximum absolute atomic E-state index is 14.8. The number of carbonyl (C=O) groups is 5. The molecule has 4 aromatic carbocycles. The molecule has 3 fully saturated rings. The highest BCUT2D eigenvalue weighted by molar-refractivity contribution is 6.74. The first kappa shape index (κ1) is 59.1. The molecule has 0 aliphatic carbocycles. The molecule has 7 rings (SSSR count). The minimum absolute atomic E-state index is 0.00878. The van der Waals surface area contributed by atoms with E-state index in [1.807, 2.05) is 0 Å². The quantitative estimate of drug-likeness (QED) is 0.0583. The van der Waals surface area contributed by atoms with Gasteiger partial charge in [-0.3, -0.25) is 0 Å². The van der Waals surface area contributed by atoms with Crippen LogP contribution in [0.1, 0.15) is 110 Å². The Hall–Kier alpha value is -5.62. The van der Waals surface area contributed by atoms with Crippen molar-refractivity contribution in [3.05, 3.63) is 144 Å². The number of ether oxygens (including phenoxy) is 9. The highest BCUT2D eigenvalue weighted by Gasteiger charge is 2.69. The SMILES string of the molecule is COC(=O)C1(OC[C@H]2O[C@H](OC)[C@H](OC(=O)c3ccccc3)[C@@H](OC(=O)c3ccccc3)[C@@H]2OC(=O)c2ccccc2)C[C@@H](OC(=O)c2ccccc2)[C@H]2O[Si](C(C)(C)C)(C(C)(C)C)OC(CO[Si](C)(C)C(C)(C)C)[C@H]2O1. The van der Waals surface area contributed by atoms with Gasteiger partial charge in [0, 0.05) is 17.2 Å². The van der Waals surface area contributed by atoms with E-state index in [1.165, 1.54) is 43.5 Å². The molecule has 416 valence electrons. The molecule has 0 saturated carbocycles. The van der Waals surface area contributed by atoms with Gasteiger partial charge in [0.05, 0.1) is 55.1 Å². The van der Waals surface area contributed by atoms with Gasteiger partial charge in [-0.15, -0.1) is 0 Å². The van der Waals surface area contributed by atoms with Crippen LogP contribution in [0.15, 0.2) is 121 Å². The number of rotatable bonds is 16. The van der Waals surface area contributed by atoms with Crippen molar-refractivity contribution in [2.45, 2.75) is 158 Å². The summed E-state index contributed by atoms with van der Waals surface area (Å²) >= 11 is 0. The average Bonchev–Trinajstić information content (AvgIpc) is 3.53. The first-order chi connectivity index (χ1) is 36.2. The van der Waals surface area contributed by atoms with Gasteiger partial charge in [-0.2, -0.15) is 0 Å². The maximum Gasteiger partial charge on any atom is 0.366 e. The van der Waals surface area contributed by atoms with Crippen molar-refractivity contribution in [2.75, 3.05) is 27.4 Å². The molecule has 2 unspecified atom stereocenters. The third-order valence-corrected chi connectivity index (χ3v) is 24.4. The summed E-state index contributed by atoms with van der Waals surface area (Å²) in [4.78, 5) is 71.4. The van der Waals surface area contributed by atoms with Gasteiger partial charge in [-0.25, -0.2) is 24.0 Å². The number of benzene rings is 4. The van der Waals surface area contributed by atoms with Crippen LogP contribution in [0, 0.1) is 0 Å². The second kappa shape index (κ2) is 23.8. The third kappa shape index (κ3) is 13.0. The van der Waals surface area contributed by atoms with Gasteiger partial charge >= 0.3 is 38.4 Å². The van der Waals surface area contributed by atoms with Gasteiger partial charge < -0.3 is 55.9 Å². The van der Waals surface area contributed by atoms with Gasteiger partial charge in [0.15, 0.2) is 32.9 Å². The second-order valence-corrected chi connectivity index (χ2v) is 32.6. The van der Waals surface area contributed by atoms with Gasteiger partial charge in [-0.1, -0.05) is 135 Å². The van der Waals surface area contributed by atoms with Crippen LogP contribution < -0.4 is 0 Å². The zero-order valence-corrected chi connectivity index (χ0v) is 48.3. The summed E-state index contributed by atoms with van der Waals surface area (Å²) < 4.78 is 78.4. The average molecular weight is 1100 g/mol. The van der Waals surface area contributed by atoms with Crippen LogP contribution in [0.4, 0.5) is 0 Å². The Morgan fingerprint density at radius 1 is 0.558 bits per heavy atom. The van der Waals surface area contributed by atoms with Crippen molar-refractivity contribution in [2.24, 2.45) is 0 Å². The van der Waals surface area contributed by atoms with Crippen LogP contribution in [0.25, 0.3) is 0 Å². The predicted molar refractivity (Wildman–Crippen MR) is 287 cm³/mol. The Bertz CT molecular complexity index is 2640. The van der Waals surface area contributed by atoms with Crippen LogP contribution >= 0.6 is 0 Å². The molecule has 3 aliphatic heterocycles. The van der Waals surface area contributed by atoms with E-state index in [9.17, 15) is 24.0 Å². The Kier molecular flexibility index (Phi) is 18.2. The summed E-state index contributed by atoms with van der Waals surface area (Å²) in [7, 11) is -3.57.